The molecule has 1 aromatic heterocycles. The highest BCUT2D eigenvalue weighted by Gasteiger charge is 2.24. The third-order valence-electron chi connectivity index (χ3n) is 5.35. The molecule has 0 aliphatic heterocycles. The van der Waals surface area contributed by atoms with E-state index in [1.807, 2.05) is 30.3 Å². The number of benzene rings is 2. The summed E-state index contributed by atoms with van der Waals surface area (Å²) in [5.74, 6) is -2.14. The van der Waals surface area contributed by atoms with Gasteiger partial charge < -0.3 is 10.4 Å². The Bertz CT molecular complexity index is 1130. The number of hydrogen-bond acceptors (Lipinski definition) is 4. The van der Waals surface area contributed by atoms with Crippen molar-refractivity contribution in [2.24, 2.45) is 0 Å². The number of aromatic nitrogens is 1. The zero-order valence-electron chi connectivity index (χ0n) is 18.3. The summed E-state index contributed by atoms with van der Waals surface area (Å²) in [7, 11) is 0. The van der Waals surface area contributed by atoms with Crippen molar-refractivity contribution in [3.8, 4) is 0 Å². The number of halogens is 2. The van der Waals surface area contributed by atoms with Crippen LogP contribution in [0.2, 0.25) is 10.0 Å². The van der Waals surface area contributed by atoms with Gasteiger partial charge in [-0.25, -0.2) is 4.79 Å². The van der Waals surface area contributed by atoms with Gasteiger partial charge in [-0.1, -0.05) is 59.6 Å². The fourth-order valence-corrected chi connectivity index (χ4v) is 4.07. The molecule has 176 valence electrons. The van der Waals surface area contributed by atoms with Gasteiger partial charge in [0.25, 0.3) is 5.91 Å². The maximum atomic E-state index is 12.6. The highest BCUT2D eigenvalue weighted by Crippen LogP contribution is 2.24. The summed E-state index contributed by atoms with van der Waals surface area (Å²) in [6.07, 6.45) is 4.37. The Morgan fingerprint density at radius 3 is 2.24 bits per heavy atom. The molecule has 34 heavy (non-hydrogen) atoms. The molecule has 3 rings (SSSR count). The number of carboxylic acids is 1. The second kappa shape index (κ2) is 12.3. The van der Waals surface area contributed by atoms with Crippen LogP contribution in [0, 0.1) is 0 Å². The Balaban J connectivity index is 1.52. The zero-order valence-corrected chi connectivity index (χ0v) is 19.9. The number of Topliss-reactive ketones (excluding diaryl/α,β-unsaturated/α-hetero) is 1. The molecule has 0 bridgehead atoms. The average molecular weight is 499 g/mol. The van der Waals surface area contributed by atoms with Crippen LogP contribution in [-0.2, 0) is 17.6 Å². The first kappa shape index (κ1) is 25.4. The highest BCUT2D eigenvalue weighted by atomic mass is 35.5. The van der Waals surface area contributed by atoms with Crippen LogP contribution in [0.4, 0.5) is 0 Å². The maximum Gasteiger partial charge on any atom is 0.326 e. The van der Waals surface area contributed by atoms with Gasteiger partial charge in [0.05, 0.1) is 15.6 Å². The van der Waals surface area contributed by atoms with E-state index in [4.69, 9.17) is 23.2 Å². The van der Waals surface area contributed by atoms with Gasteiger partial charge in [0.1, 0.15) is 6.04 Å². The average Bonchev–Trinajstić information content (AvgIpc) is 2.82. The zero-order chi connectivity index (χ0) is 24.5. The highest BCUT2D eigenvalue weighted by molar-refractivity contribution is 6.39. The fraction of sp³-hybridized carbons (Fsp3) is 0.231. The molecule has 0 radical (unpaired) electrons. The number of carboxylic acid groups (broad SMARTS) is 1. The summed E-state index contributed by atoms with van der Waals surface area (Å²) in [4.78, 5) is 41.0. The Kier molecular flexibility index (Phi) is 9.19. The fourth-order valence-electron chi connectivity index (χ4n) is 3.50. The summed E-state index contributed by atoms with van der Waals surface area (Å²) < 4.78 is 0. The van der Waals surface area contributed by atoms with Crippen molar-refractivity contribution in [2.75, 3.05) is 0 Å². The Morgan fingerprint density at radius 2 is 1.62 bits per heavy atom. The smallest absolute Gasteiger partial charge is 0.326 e. The first-order chi connectivity index (χ1) is 16.3. The first-order valence-corrected chi connectivity index (χ1v) is 11.6. The van der Waals surface area contributed by atoms with Crippen molar-refractivity contribution in [1.82, 2.24) is 10.3 Å². The van der Waals surface area contributed by atoms with E-state index in [0.717, 1.165) is 30.5 Å². The van der Waals surface area contributed by atoms with Crippen molar-refractivity contribution in [3.63, 3.8) is 0 Å². The number of hydrogen-bond donors (Lipinski definition) is 2. The Labute approximate surface area is 207 Å². The van der Waals surface area contributed by atoms with Crippen LogP contribution in [-0.4, -0.2) is 33.8 Å². The molecular weight excluding hydrogens is 475 g/mol. The molecule has 8 heteroatoms. The lowest BCUT2D eigenvalue weighted by atomic mass is 10.00. The monoisotopic (exact) mass is 498 g/mol. The lowest BCUT2D eigenvalue weighted by Gasteiger charge is -2.15. The summed E-state index contributed by atoms with van der Waals surface area (Å²) in [5.41, 5.74) is 2.66. The van der Waals surface area contributed by atoms with E-state index in [2.05, 4.69) is 10.3 Å². The number of ketones is 1. The second-order valence-electron chi connectivity index (χ2n) is 7.79. The van der Waals surface area contributed by atoms with Gasteiger partial charge >= 0.3 is 5.97 Å². The molecule has 0 saturated heterocycles. The van der Waals surface area contributed by atoms with Crippen LogP contribution in [0.5, 0.6) is 0 Å². The minimum atomic E-state index is -1.25. The van der Waals surface area contributed by atoms with E-state index in [0.29, 0.717) is 5.56 Å². The van der Waals surface area contributed by atoms with Crippen molar-refractivity contribution >= 4 is 40.9 Å². The van der Waals surface area contributed by atoms with Crippen molar-refractivity contribution in [1.29, 1.82) is 0 Å². The van der Waals surface area contributed by atoms with Gasteiger partial charge in [-0.05, 0) is 55.5 Å². The molecule has 1 heterocycles. The molecule has 0 saturated carbocycles. The molecule has 0 aliphatic rings. The van der Waals surface area contributed by atoms with Gasteiger partial charge in [0.15, 0.2) is 5.78 Å². The number of aliphatic carboxylic acids is 1. The van der Waals surface area contributed by atoms with E-state index in [1.54, 1.807) is 24.4 Å². The maximum absolute atomic E-state index is 12.6. The predicted octanol–water partition coefficient (Wildman–Crippen LogP) is 5.41. The largest absolute Gasteiger partial charge is 0.480 e. The number of amides is 1. The first-order valence-electron chi connectivity index (χ1n) is 10.8. The minimum absolute atomic E-state index is 0.00189. The van der Waals surface area contributed by atoms with E-state index < -0.39 is 17.9 Å². The molecule has 2 N–H and O–H groups in total. The normalized spacial score (nSPS) is 11.6. The van der Waals surface area contributed by atoms with E-state index >= 15 is 0 Å². The molecule has 1 atom stereocenters. The van der Waals surface area contributed by atoms with Crippen molar-refractivity contribution < 1.29 is 19.5 Å². The molecule has 6 nitrogen and oxygen atoms in total. The number of rotatable bonds is 11. The Hall–Kier alpha value is -3.22. The minimum Gasteiger partial charge on any atom is -0.480 e. The van der Waals surface area contributed by atoms with E-state index in [1.165, 1.54) is 12.1 Å². The summed E-state index contributed by atoms with van der Waals surface area (Å²) in [6, 6.07) is 16.5. The number of carbonyl (C=O) groups is 3. The predicted molar refractivity (Wildman–Crippen MR) is 132 cm³/mol. The van der Waals surface area contributed by atoms with Crippen molar-refractivity contribution in [2.45, 2.75) is 38.1 Å². The van der Waals surface area contributed by atoms with Crippen LogP contribution >= 0.6 is 23.2 Å². The number of nitrogens with zero attached hydrogens (tertiary/aromatic N) is 1. The topological polar surface area (TPSA) is 96.4 Å². The van der Waals surface area contributed by atoms with Crippen LogP contribution in [0.15, 0.2) is 66.9 Å². The van der Waals surface area contributed by atoms with Gasteiger partial charge in [-0.2, -0.15) is 0 Å². The van der Waals surface area contributed by atoms with Gasteiger partial charge in [-0.3, -0.25) is 14.6 Å². The summed E-state index contributed by atoms with van der Waals surface area (Å²) in [5, 5.41) is 12.1. The number of pyridine rings is 1. The third-order valence-corrected chi connectivity index (χ3v) is 5.98. The molecule has 1 amide bonds. The van der Waals surface area contributed by atoms with Crippen LogP contribution < -0.4 is 5.32 Å². The Morgan fingerprint density at radius 1 is 0.912 bits per heavy atom. The van der Waals surface area contributed by atoms with Crippen LogP contribution in [0.25, 0.3) is 0 Å². The lowest BCUT2D eigenvalue weighted by Crippen LogP contribution is -2.41. The number of carbonyl (C=O) groups excluding carboxylic acids is 2. The number of aryl methyl sites for hydroxylation is 2. The van der Waals surface area contributed by atoms with E-state index in [9.17, 15) is 19.5 Å². The van der Waals surface area contributed by atoms with E-state index in [-0.39, 0.29) is 34.2 Å². The SMILES string of the molecule is O=C(CC[C@H](NC(=O)c1c(Cl)cccc1Cl)C(=O)O)c1ccc(CCCc2ccccn2)cc1. The standard InChI is InChI=1S/C26H24Cl2N2O4/c27-20-8-4-9-21(28)24(20)25(32)30-22(26(33)34)14-15-23(31)18-12-10-17(11-13-18)5-3-7-19-6-1-2-16-29-19/h1-2,4,6,8-13,16,22H,3,5,7,14-15H2,(H,30,32)(H,33,34)/t22-/m0/s1. The lowest BCUT2D eigenvalue weighted by molar-refractivity contribution is -0.139. The molecule has 2 aromatic carbocycles. The molecule has 0 spiro atoms. The van der Waals surface area contributed by atoms with Gasteiger partial charge in [0, 0.05) is 23.9 Å². The van der Waals surface area contributed by atoms with Gasteiger partial charge in [-0.15, -0.1) is 0 Å². The summed E-state index contributed by atoms with van der Waals surface area (Å²) >= 11 is 12.0. The van der Waals surface area contributed by atoms with Gasteiger partial charge in [0.2, 0.25) is 0 Å². The van der Waals surface area contributed by atoms with Crippen LogP contribution in [0.1, 0.15) is 51.2 Å². The molecule has 0 aliphatic carbocycles. The quantitative estimate of drug-likeness (QED) is 0.344. The molecule has 0 fully saturated rings. The third kappa shape index (κ3) is 7.14. The van der Waals surface area contributed by atoms with Crippen molar-refractivity contribution in [3.05, 3.63) is 99.3 Å². The molecule has 3 aromatic rings. The summed E-state index contributed by atoms with van der Waals surface area (Å²) in [6.45, 7) is 0. The number of nitrogens with one attached hydrogen (secondary N) is 1. The van der Waals surface area contributed by atoms with Crippen LogP contribution in [0.3, 0.4) is 0 Å². The second-order valence-corrected chi connectivity index (χ2v) is 8.61. The molecular formula is C26H24Cl2N2O4. The molecule has 0 unspecified atom stereocenters.